The van der Waals surface area contributed by atoms with Crippen molar-refractivity contribution in [2.24, 2.45) is 5.92 Å². The van der Waals surface area contributed by atoms with Gasteiger partial charge in [-0.15, -0.1) is 11.3 Å². The molecule has 0 radical (unpaired) electrons. The van der Waals surface area contributed by atoms with Crippen LogP contribution in [-0.2, 0) is 6.42 Å². The van der Waals surface area contributed by atoms with Gasteiger partial charge in [-0.05, 0) is 12.8 Å². The molecule has 1 aromatic rings. The summed E-state index contributed by atoms with van der Waals surface area (Å²) in [6, 6.07) is 0.467. The molecule has 0 amide bonds. The lowest BCUT2D eigenvalue weighted by atomic mass is 10.1. The molecule has 0 spiro atoms. The van der Waals surface area contributed by atoms with E-state index in [0.29, 0.717) is 12.0 Å². The van der Waals surface area contributed by atoms with Gasteiger partial charge in [-0.1, -0.05) is 13.8 Å². The molecule has 1 saturated heterocycles. The second-order valence-electron chi connectivity index (χ2n) is 5.23. The highest BCUT2D eigenvalue weighted by Crippen LogP contribution is 2.23. The topological polar surface area (TPSA) is 28.2 Å². The molecule has 0 bridgehead atoms. The average molecular weight is 253 g/mol. The van der Waals surface area contributed by atoms with Gasteiger partial charge in [0.25, 0.3) is 0 Å². The van der Waals surface area contributed by atoms with E-state index in [1.54, 1.807) is 0 Å². The number of nitrogens with one attached hydrogen (secondary N) is 1. The monoisotopic (exact) mass is 253 g/mol. The fraction of sp³-hybridized carbons (Fsp3) is 0.769. The molecule has 1 atom stereocenters. The molecule has 96 valence electrons. The van der Waals surface area contributed by atoms with Crippen LogP contribution in [0.5, 0.6) is 0 Å². The van der Waals surface area contributed by atoms with Gasteiger partial charge < -0.3 is 5.32 Å². The van der Waals surface area contributed by atoms with Crippen LogP contribution in [0.4, 0.5) is 0 Å². The summed E-state index contributed by atoms with van der Waals surface area (Å²) in [6.45, 7) is 11.3. The van der Waals surface area contributed by atoms with Crippen molar-refractivity contribution < 1.29 is 0 Å². The zero-order valence-electron chi connectivity index (χ0n) is 11.1. The first kappa shape index (κ1) is 13.0. The third-order valence-corrected chi connectivity index (χ3v) is 4.17. The van der Waals surface area contributed by atoms with Crippen molar-refractivity contribution in [2.75, 3.05) is 26.2 Å². The molecule has 0 saturated carbocycles. The van der Waals surface area contributed by atoms with Crippen molar-refractivity contribution in [3.8, 4) is 0 Å². The number of thiazole rings is 1. The Morgan fingerprint density at radius 2 is 2.06 bits per heavy atom. The Morgan fingerprint density at radius 3 is 2.71 bits per heavy atom. The summed E-state index contributed by atoms with van der Waals surface area (Å²) >= 11 is 1.82. The number of piperazine rings is 1. The molecule has 3 nitrogen and oxygen atoms in total. The van der Waals surface area contributed by atoms with E-state index >= 15 is 0 Å². The van der Waals surface area contributed by atoms with Crippen molar-refractivity contribution in [1.29, 1.82) is 0 Å². The Kier molecular flexibility index (Phi) is 4.54. The normalized spacial score (nSPS) is 19.8. The molecular weight excluding hydrogens is 230 g/mol. The minimum Gasteiger partial charge on any atom is -0.314 e. The highest BCUT2D eigenvalue weighted by molar-refractivity contribution is 7.09. The van der Waals surface area contributed by atoms with Gasteiger partial charge in [0.15, 0.2) is 0 Å². The van der Waals surface area contributed by atoms with Crippen LogP contribution in [0.15, 0.2) is 5.38 Å². The van der Waals surface area contributed by atoms with Crippen molar-refractivity contribution >= 4 is 11.3 Å². The number of aromatic nitrogens is 1. The van der Waals surface area contributed by atoms with Crippen LogP contribution in [-0.4, -0.2) is 36.1 Å². The van der Waals surface area contributed by atoms with E-state index < -0.39 is 0 Å². The van der Waals surface area contributed by atoms with Crippen molar-refractivity contribution in [1.82, 2.24) is 15.2 Å². The van der Waals surface area contributed by atoms with Gasteiger partial charge in [-0.3, -0.25) is 4.90 Å². The fourth-order valence-corrected chi connectivity index (χ4v) is 3.31. The van der Waals surface area contributed by atoms with Crippen molar-refractivity contribution in [3.05, 3.63) is 16.1 Å². The number of nitrogens with zero attached hydrogens (tertiary/aromatic N) is 2. The lowest BCUT2D eigenvalue weighted by Gasteiger charge is -2.31. The van der Waals surface area contributed by atoms with Gasteiger partial charge in [-0.2, -0.15) is 0 Å². The lowest BCUT2D eigenvalue weighted by molar-refractivity contribution is 0.183. The molecule has 1 unspecified atom stereocenters. The predicted molar refractivity (Wildman–Crippen MR) is 73.5 cm³/mol. The van der Waals surface area contributed by atoms with E-state index in [-0.39, 0.29) is 0 Å². The van der Waals surface area contributed by atoms with E-state index in [1.807, 2.05) is 11.3 Å². The minimum absolute atomic E-state index is 0.467. The van der Waals surface area contributed by atoms with Crippen LogP contribution < -0.4 is 5.32 Å². The van der Waals surface area contributed by atoms with Gasteiger partial charge in [0.1, 0.15) is 0 Å². The van der Waals surface area contributed by atoms with E-state index in [1.165, 1.54) is 10.7 Å². The Morgan fingerprint density at radius 1 is 1.35 bits per heavy atom. The minimum atomic E-state index is 0.467. The Balaban J connectivity index is 1.98. The molecule has 0 aliphatic carbocycles. The highest BCUT2D eigenvalue weighted by Gasteiger charge is 2.20. The van der Waals surface area contributed by atoms with Gasteiger partial charge in [0, 0.05) is 38.0 Å². The van der Waals surface area contributed by atoms with Crippen molar-refractivity contribution in [3.63, 3.8) is 0 Å². The first-order valence-corrected chi connectivity index (χ1v) is 7.44. The standard InChI is InChI=1S/C13H23N3S/c1-10(2)8-13-15-12(9-17-13)11(3)16-6-4-14-5-7-16/h9-11,14H,4-8H2,1-3H3. The molecule has 1 aliphatic rings. The molecule has 1 fully saturated rings. The van der Waals surface area contributed by atoms with Crippen LogP contribution in [0.1, 0.15) is 37.5 Å². The van der Waals surface area contributed by atoms with Gasteiger partial charge in [0.05, 0.1) is 16.7 Å². The molecule has 2 heterocycles. The molecule has 1 N–H and O–H groups in total. The van der Waals surface area contributed by atoms with E-state index in [0.717, 1.165) is 32.6 Å². The summed E-state index contributed by atoms with van der Waals surface area (Å²) in [5.74, 6) is 0.698. The van der Waals surface area contributed by atoms with Crippen LogP contribution in [0.3, 0.4) is 0 Å². The third-order valence-electron chi connectivity index (χ3n) is 3.28. The van der Waals surface area contributed by atoms with E-state index in [9.17, 15) is 0 Å². The van der Waals surface area contributed by atoms with E-state index in [2.05, 4.69) is 36.4 Å². The summed E-state index contributed by atoms with van der Waals surface area (Å²) in [5.41, 5.74) is 1.26. The maximum atomic E-state index is 4.78. The zero-order valence-corrected chi connectivity index (χ0v) is 11.9. The second-order valence-corrected chi connectivity index (χ2v) is 6.17. The molecule has 1 aromatic heterocycles. The van der Waals surface area contributed by atoms with Crippen LogP contribution in [0.25, 0.3) is 0 Å². The maximum Gasteiger partial charge on any atom is 0.0931 e. The smallest absolute Gasteiger partial charge is 0.0931 e. The fourth-order valence-electron chi connectivity index (χ4n) is 2.22. The molecule has 17 heavy (non-hydrogen) atoms. The van der Waals surface area contributed by atoms with Gasteiger partial charge in [0.2, 0.25) is 0 Å². The summed E-state index contributed by atoms with van der Waals surface area (Å²) in [5, 5.41) is 6.92. The zero-order chi connectivity index (χ0) is 12.3. The average Bonchev–Trinajstić information content (AvgIpc) is 2.77. The third kappa shape index (κ3) is 3.50. The number of hydrogen-bond donors (Lipinski definition) is 1. The Bertz CT molecular complexity index is 342. The molecule has 4 heteroatoms. The second kappa shape index (κ2) is 5.94. The molecular formula is C13H23N3S. The van der Waals surface area contributed by atoms with Crippen LogP contribution in [0.2, 0.25) is 0 Å². The number of hydrogen-bond acceptors (Lipinski definition) is 4. The number of rotatable bonds is 4. The Hall–Kier alpha value is -0.450. The van der Waals surface area contributed by atoms with Gasteiger partial charge in [-0.25, -0.2) is 4.98 Å². The first-order chi connectivity index (χ1) is 8.16. The summed E-state index contributed by atoms with van der Waals surface area (Å²) in [6.07, 6.45) is 1.11. The van der Waals surface area contributed by atoms with Crippen molar-refractivity contribution in [2.45, 2.75) is 33.2 Å². The van der Waals surface area contributed by atoms with Gasteiger partial charge >= 0.3 is 0 Å². The predicted octanol–water partition coefficient (Wildman–Crippen LogP) is 2.31. The molecule has 2 rings (SSSR count). The molecule has 1 aliphatic heterocycles. The molecule has 0 aromatic carbocycles. The first-order valence-electron chi connectivity index (χ1n) is 6.56. The maximum absolute atomic E-state index is 4.78. The summed E-state index contributed by atoms with van der Waals surface area (Å²) < 4.78 is 0. The lowest BCUT2D eigenvalue weighted by Crippen LogP contribution is -2.44. The Labute approximate surface area is 108 Å². The SMILES string of the molecule is CC(C)Cc1nc(C(C)N2CCNCC2)cs1. The summed E-state index contributed by atoms with van der Waals surface area (Å²) in [7, 11) is 0. The quantitative estimate of drug-likeness (QED) is 0.892. The van der Waals surface area contributed by atoms with Crippen LogP contribution >= 0.6 is 11.3 Å². The van der Waals surface area contributed by atoms with Crippen LogP contribution in [0, 0.1) is 5.92 Å². The summed E-state index contributed by atoms with van der Waals surface area (Å²) in [4.78, 5) is 7.30. The van der Waals surface area contributed by atoms with E-state index in [4.69, 9.17) is 4.98 Å². The highest BCUT2D eigenvalue weighted by atomic mass is 32.1. The largest absolute Gasteiger partial charge is 0.314 e.